The molecule has 0 spiro atoms. The van der Waals surface area contributed by atoms with Crippen molar-refractivity contribution in [3.63, 3.8) is 0 Å². The Kier molecular flexibility index (Phi) is 18.6. The average molecular weight is 398 g/mol. The number of carboxylic acid groups (broad SMARTS) is 1. The first-order valence-electron chi connectivity index (χ1n) is 10.8. The second-order valence-corrected chi connectivity index (χ2v) is 7.27. The summed E-state index contributed by atoms with van der Waals surface area (Å²) in [4.78, 5) is 32.2. The summed E-state index contributed by atoms with van der Waals surface area (Å²) in [6.07, 6.45) is 19.5. The maximum absolute atomic E-state index is 11.2. The number of primary amides is 1. The highest BCUT2D eigenvalue weighted by Crippen LogP contribution is 2.10. The number of carboxylic acids is 1. The second kappa shape index (κ2) is 19.9. The highest BCUT2D eigenvalue weighted by atomic mass is 16.5. The van der Waals surface area contributed by atoms with Gasteiger partial charge in [-0.15, -0.1) is 0 Å². The van der Waals surface area contributed by atoms with Crippen molar-refractivity contribution in [3.8, 4) is 0 Å². The highest BCUT2D eigenvalue weighted by molar-refractivity contribution is 5.76. The van der Waals surface area contributed by atoms with Crippen molar-refractivity contribution in [3.05, 3.63) is 12.2 Å². The van der Waals surface area contributed by atoms with Gasteiger partial charge in [0.1, 0.15) is 0 Å². The van der Waals surface area contributed by atoms with Gasteiger partial charge in [-0.25, -0.2) is 0 Å². The van der Waals surface area contributed by atoms with Crippen LogP contribution in [0.25, 0.3) is 0 Å². The number of nitrogens with two attached hydrogens (primary N) is 1. The molecule has 0 rings (SSSR count). The van der Waals surface area contributed by atoms with E-state index in [0.29, 0.717) is 13.0 Å². The Hall–Kier alpha value is -1.85. The Labute approximate surface area is 169 Å². The van der Waals surface area contributed by atoms with E-state index < -0.39 is 11.9 Å². The predicted molar refractivity (Wildman–Crippen MR) is 111 cm³/mol. The number of rotatable bonds is 20. The molecule has 0 aliphatic rings. The first kappa shape index (κ1) is 26.1. The fourth-order valence-corrected chi connectivity index (χ4v) is 2.87. The molecule has 0 radical (unpaired) electrons. The van der Waals surface area contributed by atoms with Crippen LogP contribution in [-0.4, -0.2) is 29.6 Å². The summed E-state index contributed by atoms with van der Waals surface area (Å²) in [5.41, 5.74) is 5.11. The Morgan fingerprint density at radius 1 is 0.679 bits per heavy atom. The van der Waals surface area contributed by atoms with Crippen LogP contribution in [0.1, 0.15) is 103 Å². The molecule has 0 aliphatic heterocycles. The van der Waals surface area contributed by atoms with Crippen LogP contribution < -0.4 is 5.73 Å². The van der Waals surface area contributed by atoms with Gasteiger partial charge in [-0.05, 0) is 38.5 Å². The summed E-state index contributed by atoms with van der Waals surface area (Å²) in [6, 6.07) is 0. The summed E-state index contributed by atoms with van der Waals surface area (Å²) < 4.78 is 4.99. The molecular weight excluding hydrogens is 358 g/mol. The smallest absolute Gasteiger partial charge is 0.306 e. The van der Waals surface area contributed by atoms with Gasteiger partial charge in [0.15, 0.2) is 0 Å². The van der Waals surface area contributed by atoms with Crippen LogP contribution in [0.5, 0.6) is 0 Å². The van der Waals surface area contributed by atoms with Gasteiger partial charge >= 0.3 is 11.9 Å². The number of carbonyl (C=O) groups is 3. The van der Waals surface area contributed by atoms with Crippen LogP contribution in [0, 0.1) is 0 Å². The Morgan fingerprint density at radius 2 is 1.18 bits per heavy atom. The number of esters is 1. The molecule has 0 aliphatic carbocycles. The number of allylic oxidation sites excluding steroid dienone is 2. The first-order valence-corrected chi connectivity index (χ1v) is 10.8. The molecule has 0 heterocycles. The molecule has 0 saturated carbocycles. The Bertz CT molecular complexity index is 448. The van der Waals surface area contributed by atoms with Gasteiger partial charge in [0.05, 0.1) is 19.4 Å². The van der Waals surface area contributed by atoms with Gasteiger partial charge in [0.2, 0.25) is 5.91 Å². The van der Waals surface area contributed by atoms with E-state index in [2.05, 4.69) is 12.2 Å². The van der Waals surface area contributed by atoms with Crippen molar-refractivity contribution < 1.29 is 24.2 Å². The van der Waals surface area contributed by atoms with E-state index in [-0.39, 0.29) is 18.7 Å². The van der Waals surface area contributed by atoms with Gasteiger partial charge in [-0.3, -0.25) is 14.4 Å². The molecule has 162 valence electrons. The van der Waals surface area contributed by atoms with E-state index in [1.807, 2.05) is 0 Å². The lowest BCUT2D eigenvalue weighted by Crippen LogP contribution is -2.09. The zero-order chi connectivity index (χ0) is 20.9. The lowest BCUT2D eigenvalue weighted by Gasteiger charge is -2.04. The van der Waals surface area contributed by atoms with Crippen molar-refractivity contribution in [2.75, 3.05) is 6.61 Å². The second-order valence-electron chi connectivity index (χ2n) is 7.27. The van der Waals surface area contributed by atoms with Gasteiger partial charge in [-0.2, -0.15) is 0 Å². The third-order valence-corrected chi connectivity index (χ3v) is 4.53. The minimum atomic E-state index is -0.972. The predicted octanol–water partition coefficient (Wildman–Crippen LogP) is 4.90. The van der Waals surface area contributed by atoms with E-state index in [9.17, 15) is 14.4 Å². The van der Waals surface area contributed by atoms with Gasteiger partial charge in [0, 0.05) is 6.42 Å². The van der Waals surface area contributed by atoms with Crippen LogP contribution in [0.4, 0.5) is 0 Å². The molecule has 1 amide bonds. The Morgan fingerprint density at radius 3 is 1.71 bits per heavy atom. The molecule has 0 aromatic heterocycles. The maximum atomic E-state index is 11.2. The van der Waals surface area contributed by atoms with E-state index in [4.69, 9.17) is 15.6 Å². The fourth-order valence-electron chi connectivity index (χ4n) is 2.87. The molecule has 6 nitrogen and oxygen atoms in total. The molecule has 3 N–H and O–H groups in total. The molecule has 0 saturated heterocycles. The molecule has 0 atom stereocenters. The van der Waals surface area contributed by atoms with E-state index in [1.165, 1.54) is 38.5 Å². The lowest BCUT2D eigenvalue weighted by atomic mass is 10.1. The quantitative estimate of drug-likeness (QED) is 0.173. The summed E-state index contributed by atoms with van der Waals surface area (Å²) in [7, 11) is 0. The van der Waals surface area contributed by atoms with Crippen molar-refractivity contribution >= 4 is 17.8 Å². The number of amides is 1. The average Bonchev–Trinajstić information content (AvgIpc) is 2.65. The van der Waals surface area contributed by atoms with Crippen molar-refractivity contribution in [2.45, 2.75) is 103 Å². The molecule has 0 aromatic carbocycles. The number of unbranched alkanes of at least 4 members (excludes halogenated alkanes) is 11. The topological polar surface area (TPSA) is 107 Å². The molecule has 0 aromatic rings. The number of hydrogen-bond donors (Lipinski definition) is 2. The SMILES string of the molecule is NC(=O)CCCCCCC/C=C\CCCCCCCCOC(=O)CCC(=O)O. The number of ether oxygens (including phenoxy) is 1. The first-order chi connectivity index (χ1) is 13.5. The third-order valence-electron chi connectivity index (χ3n) is 4.53. The van der Waals surface area contributed by atoms with Crippen LogP contribution in [0.2, 0.25) is 0 Å². The summed E-state index contributed by atoms with van der Waals surface area (Å²) >= 11 is 0. The summed E-state index contributed by atoms with van der Waals surface area (Å²) in [5, 5.41) is 8.47. The van der Waals surface area contributed by atoms with E-state index in [0.717, 1.165) is 44.9 Å². The molecule has 6 heteroatoms. The molecule has 28 heavy (non-hydrogen) atoms. The van der Waals surface area contributed by atoms with Crippen LogP contribution in [0.3, 0.4) is 0 Å². The minimum absolute atomic E-state index is 0.0419. The summed E-state index contributed by atoms with van der Waals surface area (Å²) in [5.74, 6) is -1.59. The fraction of sp³-hybridized carbons (Fsp3) is 0.773. The molecule has 0 bridgehead atoms. The van der Waals surface area contributed by atoms with Gasteiger partial charge < -0.3 is 15.6 Å². The lowest BCUT2D eigenvalue weighted by molar-refractivity contribution is -0.147. The third kappa shape index (κ3) is 22.2. The molecule has 0 fully saturated rings. The molecule has 0 unspecified atom stereocenters. The summed E-state index contributed by atoms with van der Waals surface area (Å²) in [6.45, 7) is 0.395. The zero-order valence-corrected chi connectivity index (χ0v) is 17.3. The number of carbonyl (C=O) groups excluding carboxylic acids is 2. The van der Waals surface area contributed by atoms with Crippen LogP contribution >= 0.6 is 0 Å². The van der Waals surface area contributed by atoms with Gasteiger partial charge in [0.25, 0.3) is 0 Å². The molecular formula is C22H39NO5. The highest BCUT2D eigenvalue weighted by Gasteiger charge is 2.05. The Balaban J connectivity index is 3.20. The maximum Gasteiger partial charge on any atom is 0.306 e. The van der Waals surface area contributed by atoms with Crippen molar-refractivity contribution in [1.82, 2.24) is 0 Å². The van der Waals surface area contributed by atoms with Crippen LogP contribution in [-0.2, 0) is 19.1 Å². The standard InChI is InChI=1S/C22H39NO5/c23-20(24)16-14-12-10-8-6-4-2-1-3-5-7-9-11-13-15-19-28-22(27)18-17-21(25)26/h1-2H,3-19H2,(H2,23,24)(H,25,26)/b2-1-. The van der Waals surface area contributed by atoms with Crippen molar-refractivity contribution in [1.29, 1.82) is 0 Å². The largest absolute Gasteiger partial charge is 0.481 e. The van der Waals surface area contributed by atoms with Crippen molar-refractivity contribution in [2.24, 2.45) is 5.73 Å². The van der Waals surface area contributed by atoms with E-state index in [1.54, 1.807) is 0 Å². The number of aliphatic carboxylic acids is 1. The number of hydrogen-bond acceptors (Lipinski definition) is 4. The normalized spacial score (nSPS) is 11.0. The van der Waals surface area contributed by atoms with Gasteiger partial charge in [-0.1, -0.05) is 57.1 Å². The monoisotopic (exact) mass is 397 g/mol. The van der Waals surface area contributed by atoms with E-state index >= 15 is 0 Å². The zero-order valence-electron chi connectivity index (χ0n) is 17.3. The van der Waals surface area contributed by atoms with Crippen LogP contribution in [0.15, 0.2) is 12.2 Å². The minimum Gasteiger partial charge on any atom is -0.481 e.